The van der Waals surface area contributed by atoms with E-state index in [0.717, 1.165) is 48.5 Å². The number of carbonyl (C=O) groups excluding carboxylic acids is 1. The number of likely N-dealkylation sites (N-methyl/N-ethyl adjacent to an activating group) is 1. The Hall–Kier alpha value is -4.00. The molecule has 1 N–H and O–H groups in total. The second-order valence-electron chi connectivity index (χ2n) is 8.56. The zero-order valence-electron chi connectivity index (χ0n) is 19.3. The number of fused-ring (bicyclic) bond motifs is 1. The lowest BCUT2D eigenvalue weighted by Crippen LogP contribution is -2.46. The van der Waals surface area contributed by atoms with Crippen LogP contribution in [0.3, 0.4) is 0 Å². The first-order chi connectivity index (χ1) is 16.7. The largest absolute Gasteiger partial charge is 0.465 e. The van der Waals surface area contributed by atoms with E-state index in [1.54, 1.807) is 6.33 Å². The first kappa shape index (κ1) is 21.8. The number of aromatic amines is 1. The van der Waals surface area contributed by atoms with Gasteiger partial charge in [0.2, 0.25) is 0 Å². The Kier molecular flexibility index (Phi) is 6.33. The highest BCUT2D eigenvalue weighted by molar-refractivity contribution is 5.79. The van der Waals surface area contributed by atoms with Crippen molar-refractivity contribution in [2.45, 2.75) is 6.04 Å². The molecule has 1 aromatic heterocycles. The Morgan fingerprint density at radius 1 is 0.971 bits per heavy atom. The summed E-state index contributed by atoms with van der Waals surface area (Å²) in [4.78, 5) is 25.5. The fourth-order valence-electron chi connectivity index (χ4n) is 4.68. The number of rotatable bonds is 8. The van der Waals surface area contributed by atoms with E-state index in [2.05, 4.69) is 85.3 Å². The maximum atomic E-state index is 11.0. The van der Waals surface area contributed by atoms with Crippen LogP contribution < -0.4 is 14.7 Å². The fraction of sp³-hybridized carbons (Fsp3) is 0.259. The second kappa shape index (κ2) is 9.87. The number of ether oxygens (including phenoxy) is 1. The first-order valence-electron chi connectivity index (χ1n) is 11.6. The van der Waals surface area contributed by atoms with Crippen LogP contribution in [-0.2, 0) is 9.53 Å². The molecule has 0 amide bonds. The standard InChI is InChI=1S/C27H29N5O2/c1-30(23-10-11-25-26(17-23)29-19-28-25)27(18-34-20-33)21-6-5-9-24(16-21)32-14-12-31(13-15-32)22-7-3-2-4-8-22/h2-11,16-17,19-20,27H,12-15,18H2,1H3,(H,28,29)/t27-/m1/s1. The van der Waals surface area contributed by atoms with E-state index in [1.807, 2.05) is 19.2 Å². The number of piperazine rings is 1. The normalized spacial score (nSPS) is 14.7. The van der Waals surface area contributed by atoms with Crippen molar-refractivity contribution in [3.8, 4) is 0 Å². The van der Waals surface area contributed by atoms with E-state index in [1.165, 1.54) is 11.4 Å². The number of para-hydroxylation sites is 1. The summed E-state index contributed by atoms with van der Waals surface area (Å²) in [5.41, 5.74) is 6.51. The highest BCUT2D eigenvalue weighted by Crippen LogP contribution is 2.30. The second-order valence-corrected chi connectivity index (χ2v) is 8.56. The van der Waals surface area contributed by atoms with Gasteiger partial charge in [-0.3, -0.25) is 4.79 Å². The van der Waals surface area contributed by atoms with Crippen molar-refractivity contribution >= 4 is 34.6 Å². The molecule has 7 nitrogen and oxygen atoms in total. The lowest BCUT2D eigenvalue weighted by molar-refractivity contribution is -0.129. The summed E-state index contributed by atoms with van der Waals surface area (Å²) in [6.45, 7) is 4.67. The average Bonchev–Trinajstić information content (AvgIpc) is 3.38. The summed E-state index contributed by atoms with van der Waals surface area (Å²) in [6.07, 6.45) is 1.70. The third kappa shape index (κ3) is 4.55. The molecule has 34 heavy (non-hydrogen) atoms. The van der Waals surface area contributed by atoms with Crippen LogP contribution in [0.15, 0.2) is 79.1 Å². The summed E-state index contributed by atoms with van der Waals surface area (Å²) in [6, 6.07) is 25.2. The van der Waals surface area contributed by atoms with Crippen molar-refractivity contribution in [3.05, 3.63) is 84.7 Å². The van der Waals surface area contributed by atoms with Crippen molar-refractivity contribution < 1.29 is 9.53 Å². The molecule has 1 fully saturated rings. The summed E-state index contributed by atoms with van der Waals surface area (Å²) < 4.78 is 5.25. The molecule has 0 saturated carbocycles. The van der Waals surface area contributed by atoms with Gasteiger partial charge in [-0.25, -0.2) is 4.98 Å². The molecular formula is C27H29N5O2. The molecule has 174 valence electrons. The van der Waals surface area contributed by atoms with E-state index in [4.69, 9.17) is 4.74 Å². The van der Waals surface area contributed by atoms with Crippen LogP contribution in [0.4, 0.5) is 17.1 Å². The Balaban J connectivity index is 1.35. The Morgan fingerprint density at radius 3 is 2.47 bits per heavy atom. The van der Waals surface area contributed by atoms with Crippen molar-refractivity contribution in [2.75, 3.05) is 54.5 Å². The quantitative estimate of drug-likeness (QED) is 0.401. The number of anilines is 3. The Morgan fingerprint density at radius 2 is 1.71 bits per heavy atom. The highest BCUT2D eigenvalue weighted by atomic mass is 16.5. The molecule has 0 unspecified atom stereocenters. The van der Waals surface area contributed by atoms with Gasteiger partial charge in [0, 0.05) is 50.3 Å². The third-order valence-corrected chi connectivity index (χ3v) is 6.62. The molecule has 1 aliphatic rings. The minimum atomic E-state index is -0.115. The number of hydrogen-bond acceptors (Lipinski definition) is 6. The molecule has 2 heterocycles. The number of benzene rings is 3. The topological polar surface area (TPSA) is 64.7 Å². The monoisotopic (exact) mass is 455 g/mol. The number of H-pyrrole nitrogens is 1. The van der Waals surface area contributed by atoms with Crippen LogP contribution in [0.5, 0.6) is 0 Å². The fourth-order valence-corrected chi connectivity index (χ4v) is 4.68. The number of carbonyl (C=O) groups is 1. The van der Waals surface area contributed by atoms with Crippen LogP contribution in [0.25, 0.3) is 11.0 Å². The van der Waals surface area contributed by atoms with Crippen LogP contribution >= 0.6 is 0 Å². The zero-order valence-corrected chi connectivity index (χ0v) is 19.3. The molecule has 1 atom stereocenters. The number of hydrogen-bond donors (Lipinski definition) is 1. The van der Waals surface area contributed by atoms with Crippen LogP contribution in [-0.4, -0.2) is 56.3 Å². The van der Waals surface area contributed by atoms with E-state index in [9.17, 15) is 4.79 Å². The molecule has 4 aromatic rings. The minimum absolute atomic E-state index is 0.115. The van der Waals surface area contributed by atoms with Crippen LogP contribution in [0.1, 0.15) is 11.6 Å². The van der Waals surface area contributed by atoms with Gasteiger partial charge in [0.15, 0.2) is 0 Å². The molecule has 0 radical (unpaired) electrons. The maximum Gasteiger partial charge on any atom is 0.293 e. The third-order valence-electron chi connectivity index (χ3n) is 6.62. The number of imidazole rings is 1. The van der Waals surface area contributed by atoms with E-state index >= 15 is 0 Å². The van der Waals surface area contributed by atoms with Gasteiger partial charge in [0.25, 0.3) is 6.47 Å². The SMILES string of the molecule is CN(c1ccc2nc[nH]c2c1)[C@H](COC=O)c1cccc(N2CCN(c3ccccc3)CC2)c1. The van der Waals surface area contributed by atoms with Gasteiger partial charge < -0.3 is 24.4 Å². The van der Waals surface area contributed by atoms with E-state index in [0.29, 0.717) is 6.47 Å². The predicted octanol–water partition coefficient (Wildman–Crippen LogP) is 4.24. The molecule has 1 aliphatic heterocycles. The maximum absolute atomic E-state index is 11.0. The molecule has 3 aromatic carbocycles. The summed E-state index contributed by atoms with van der Waals surface area (Å²) in [5, 5.41) is 0. The first-order valence-corrected chi connectivity index (χ1v) is 11.6. The average molecular weight is 456 g/mol. The van der Waals surface area contributed by atoms with Gasteiger partial charge in [0.05, 0.1) is 23.4 Å². The smallest absolute Gasteiger partial charge is 0.293 e. The summed E-state index contributed by atoms with van der Waals surface area (Å²) >= 11 is 0. The van der Waals surface area contributed by atoms with Gasteiger partial charge in [-0.2, -0.15) is 0 Å². The summed E-state index contributed by atoms with van der Waals surface area (Å²) in [5.74, 6) is 0. The number of nitrogens with zero attached hydrogens (tertiary/aromatic N) is 4. The molecule has 0 spiro atoms. The zero-order chi connectivity index (χ0) is 23.3. The Bertz CT molecular complexity index is 1230. The molecule has 0 aliphatic carbocycles. The molecular weight excluding hydrogens is 426 g/mol. The van der Waals surface area contributed by atoms with Crippen molar-refractivity contribution in [2.24, 2.45) is 0 Å². The summed E-state index contributed by atoms with van der Waals surface area (Å²) in [7, 11) is 2.03. The van der Waals surface area contributed by atoms with Crippen molar-refractivity contribution in [3.63, 3.8) is 0 Å². The predicted molar refractivity (Wildman–Crippen MR) is 137 cm³/mol. The van der Waals surface area contributed by atoms with Gasteiger partial charge in [-0.05, 0) is 48.0 Å². The van der Waals surface area contributed by atoms with Crippen molar-refractivity contribution in [1.29, 1.82) is 0 Å². The van der Waals surface area contributed by atoms with Crippen molar-refractivity contribution in [1.82, 2.24) is 9.97 Å². The lowest BCUT2D eigenvalue weighted by atomic mass is 10.0. The van der Waals surface area contributed by atoms with E-state index in [-0.39, 0.29) is 12.6 Å². The Labute approximate surface area is 199 Å². The van der Waals surface area contributed by atoms with Gasteiger partial charge in [-0.1, -0.05) is 30.3 Å². The molecule has 7 heteroatoms. The molecule has 0 bridgehead atoms. The van der Waals surface area contributed by atoms with E-state index < -0.39 is 0 Å². The number of nitrogens with one attached hydrogen (secondary N) is 1. The minimum Gasteiger partial charge on any atom is -0.465 e. The lowest BCUT2D eigenvalue weighted by Gasteiger charge is -2.38. The van der Waals surface area contributed by atoms with Crippen LogP contribution in [0, 0.1) is 0 Å². The van der Waals surface area contributed by atoms with Gasteiger partial charge in [-0.15, -0.1) is 0 Å². The van der Waals surface area contributed by atoms with Gasteiger partial charge >= 0.3 is 0 Å². The number of aromatic nitrogens is 2. The molecule has 5 rings (SSSR count). The van der Waals surface area contributed by atoms with Crippen LogP contribution in [0.2, 0.25) is 0 Å². The van der Waals surface area contributed by atoms with Gasteiger partial charge in [0.1, 0.15) is 6.61 Å². The molecule has 1 saturated heterocycles. The highest BCUT2D eigenvalue weighted by Gasteiger charge is 2.22.